The lowest BCUT2D eigenvalue weighted by atomic mass is 9.83. The highest BCUT2D eigenvalue weighted by molar-refractivity contribution is 5.94. The zero-order chi connectivity index (χ0) is 18.6. The molecule has 0 spiro atoms. The van der Waals surface area contributed by atoms with Gasteiger partial charge >= 0.3 is 0 Å². The Morgan fingerprint density at radius 3 is 2.41 bits per heavy atom. The van der Waals surface area contributed by atoms with Gasteiger partial charge in [-0.3, -0.25) is 9.59 Å². The third-order valence-corrected chi connectivity index (χ3v) is 5.78. The second-order valence-electron chi connectivity index (χ2n) is 7.62. The molecule has 140 valence electrons. The molecular weight excluding hydrogens is 336 g/mol. The van der Waals surface area contributed by atoms with Crippen molar-refractivity contribution < 1.29 is 9.59 Å². The van der Waals surface area contributed by atoms with Gasteiger partial charge < -0.3 is 10.2 Å². The van der Waals surface area contributed by atoms with E-state index in [9.17, 15) is 9.59 Å². The van der Waals surface area contributed by atoms with Crippen LogP contribution in [0.1, 0.15) is 46.3 Å². The number of nitrogens with one attached hydrogen (secondary N) is 1. The van der Waals surface area contributed by atoms with Gasteiger partial charge in [0.1, 0.15) is 0 Å². The molecule has 2 aliphatic rings. The minimum absolute atomic E-state index is 0.0518. The lowest BCUT2D eigenvalue weighted by Gasteiger charge is -2.23. The first-order chi connectivity index (χ1) is 13.2. The molecule has 2 aromatic rings. The molecule has 1 N–H and O–H groups in total. The number of hydrogen-bond donors (Lipinski definition) is 1. The zero-order valence-corrected chi connectivity index (χ0v) is 15.6. The topological polar surface area (TPSA) is 49.4 Å². The zero-order valence-electron chi connectivity index (χ0n) is 15.6. The first kappa shape index (κ1) is 17.8. The summed E-state index contributed by atoms with van der Waals surface area (Å²) in [6.07, 6.45) is 4.90. The van der Waals surface area contributed by atoms with E-state index in [4.69, 9.17) is 0 Å². The maximum atomic E-state index is 12.6. The Bertz CT molecular complexity index is 823. The van der Waals surface area contributed by atoms with Crippen LogP contribution in [0.4, 0.5) is 0 Å². The fourth-order valence-corrected chi connectivity index (χ4v) is 4.12. The fraction of sp³-hybridized carbons (Fsp3) is 0.391. The van der Waals surface area contributed by atoms with Crippen molar-refractivity contribution in [1.82, 2.24) is 10.2 Å². The molecule has 0 bridgehead atoms. The summed E-state index contributed by atoms with van der Waals surface area (Å²) in [6.45, 7) is 2.23. The van der Waals surface area contributed by atoms with Crippen LogP contribution in [0.2, 0.25) is 0 Å². The maximum absolute atomic E-state index is 12.6. The van der Waals surface area contributed by atoms with Crippen LogP contribution < -0.4 is 5.32 Å². The van der Waals surface area contributed by atoms with Crippen molar-refractivity contribution in [2.24, 2.45) is 5.92 Å². The second-order valence-corrected chi connectivity index (χ2v) is 7.62. The van der Waals surface area contributed by atoms with Crippen molar-refractivity contribution in [2.45, 2.75) is 38.6 Å². The van der Waals surface area contributed by atoms with Crippen molar-refractivity contribution in [1.29, 1.82) is 0 Å². The molecule has 4 nitrogen and oxygen atoms in total. The van der Waals surface area contributed by atoms with Crippen LogP contribution in [0, 0.1) is 5.92 Å². The molecule has 0 aromatic heterocycles. The number of rotatable bonds is 4. The quantitative estimate of drug-likeness (QED) is 0.907. The summed E-state index contributed by atoms with van der Waals surface area (Å²) in [5, 5.41) is 3.07. The van der Waals surface area contributed by atoms with Crippen molar-refractivity contribution in [2.75, 3.05) is 13.1 Å². The Morgan fingerprint density at radius 1 is 0.963 bits per heavy atom. The first-order valence-electron chi connectivity index (χ1n) is 9.93. The van der Waals surface area contributed by atoms with E-state index >= 15 is 0 Å². The summed E-state index contributed by atoms with van der Waals surface area (Å²) in [6, 6.07) is 16.0. The van der Waals surface area contributed by atoms with Crippen LogP contribution >= 0.6 is 0 Å². The van der Waals surface area contributed by atoms with Crippen LogP contribution in [-0.2, 0) is 24.2 Å². The Labute approximate surface area is 160 Å². The molecule has 4 rings (SSSR count). The summed E-state index contributed by atoms with van der Waals surface area (Å²) in [7, 11) is 0. The molecule has 1 atom stereocenters. The predicted octanol–water partition coefficient (Wildman–Crippen LogP) is 3.34. The molecule has 27 heavy (non-hydrogen) atoms. The second kappa shape index (κ2) is 7.95. The molecule has 1 saturated heterocycles. The fourth-order valence-electron chi connectivity index (χ4n) is 4.12. The van der Waals surface area contributed by atoms with E-state index in [0.29, 0.717) is 6.54 Å². The van der Waals surface area contributed by atoms with Crippen molar-refractivity contribution in [3.8, 4) is 0 Å². The summed E-state index contributed by atoms with van der Waals surface area (Å²) in [5.74, 6) is 0.293. The molecule has 0 radical (unpaired) electrons. The summed E-state index contributed by atoms with van der Waals surface area (Å²) < 4.78 is 0. The van der Waals surface area contributed by atoms with Crippen LogP contribution in [-0.4, -0.2) is 29.8 Å². The van der Waals surface area contributed by atoms with E-state index in [0.717, 1.165) is 56.3 Å². The molecule has 0 saturated carbocycles. The SMILES string of the molecule is O=C(NCc1ccc(C(=O)N2CCCC2)cc1)[C@@H]1CCc2ccccc2C1. The molecule has 1 aliphatic heterocycles. The van der Waals surface area contributed by atoms with Gasteiger partial charge in [-0.1, -0.05) is 36.4 Å². The van der Waals surface area contributed by atoms with Crippen LogP contribution in [0.5, 0.6) is 0 Å². The normalized spacial score (nSPS) is 18.8. The number of nitrogens with zero attached hydrogens (tertiary/aromatic N) is 1. The largest absolute Gasteiger partial charge is 0.352 e. The smallest absolute Gasteiger partial charge is 0.253 e. The molecular formula is C23H26N2O2. The first-order valence-corrected chi connectivity index (χ1v) is 9.93. The van der Waals surface area contributed by atoms with Gasteiger partial charge in [0.25, 0.3) is 5.91 Å². The third kappa shape index (κ3) is 4.05. The van der Waals surface area contributed by atoms with E-state index in [1.807, 2.05) is 35.2 Å². The number of aryl methyl sites for hydroxylation is 1. The monoisotopic (exact) mass is 362 g/mol. The third-order valence-electron chi connectivity index (χ3n) is 5.78. The predicted molar refractivity (Wildman–Crippen MR) is 105 cm³/mol. The van der Waals surface area contributed by atoms with Gasteiger partial charge in [-0.25, -0.2) is 0 Å². The number of carbonyl (C=O) groups is 2. The summed E-state index contributed by atoms with van der Waals surface area (Å²) in [5.41, 5.74) is 4.43. The molecule has 1 heterocycles. The Morgan fingerprint density at radius 2 is 1.67 bits per heavy atom. The van der Waals surface area contributed by atoms with Gasteiger partial charge in [0, 0.05) is 31.1 Å². The van der Waals surface area contributed by atoms with E-state index < -0.39 is 0 Å². The molecule has 2 aromatic carbocycles. The number of hydrogen-bond acceptors (Lipinski definition) is 2. The Kier molecular flexibility index (Phi) is 5.23. The maximum Gasteiger partial charge on any atom is 0.253 e. The van der Waals surface area contributed by atoms with E-state index in [2.05, 4.69) is 23.5 Å². The molecule has 2 amide bonds. The number of carbonyl (C=O) groups excluding carboxylic acids is 2. The van der Waals surface area contributed by atoms with Gasteiger partial charge in [-0.2, -0.15) is 0 Å². The molecule has 4 heteroatoms. The highest BCUT2D eigenvalue weighted by Gasteiger charge is 2.24. The van der Waals surface area contributed by atoms with E-state index in [-0.39, 0.29) is 17.7 Å². The minimum atomic E-state index is 0.0518. The summed E-state index contributed by atoms with van der Waals surface area (Å²) in [4.78, 5) is 26.9. The molecule has 1 fully saturated rings. The average Bonchev–Trinajstić information content (AvgIpc) is 3.26. The van der Waals surface area contributed by atoms with Crippen molar-refractivity contribution in [3.05, 3.63) is 70.8 Å². The highest BCUT2D eigenvalue weighted by Crippen LogP contribution is 2.25. The molecule has 1 aliphatic carbocycles. The van der Waals surface area contributed by atoms with Crippen LogP contribution in [0.15, 0.2) is 48.5 Å². The van der Waals surface area contributed by atoms with Crippen LogP contribution in [0.25, 0.3) is 0 Å². The number of benzene rings is 2. The van der Waals surface area contributed by atoms with Gasteiger partial charge in [0.2, 0.25) is 5.91 Å². The lowest BCUT2D eigenvalue weighted by Crippen LogP contribution is -2.33. The van der Waals surface area contributed by atoms with Crippen LogP contribution in [0.3, 0.4) is 0 Å². The standard InChI is InChI=1S/C23H26N2O2/c26-22(21-12-11-18-5-1-2-6-20(18)15-21)24-16-17-7-9-19(10-8-17)23(27)25-13-3-4-14-25/h1-2,5-10,21H,3-4,11-16H2,(H,24,26)/t21-/m1/s1. The van der Waals surface area contributed by atoms with Gasteiger partial charge in [0.15, 0.2) is 0 Å². The van der Waals surface area contributed by atoms with Gasteiger partial charge in [-0.15, -0.1) is 0 Å². The number of amides is 2. The Hall–Kier alpha value is -2.62. The minimum Gasteiger partial charge on any atom is -0.352 e. The lowest BCUT2D eigenvalue weighted by molar-refractivity contribution is -0.125. The summed E-state index contributed by atoms with van der Waals surface area (Å²) >= 11 is 0. The van der Waals surface area contributed by atoms with Crippen molar-refractivity contribution >= 4 is 11.8 Å². The van der Waals surface area contributed by atoms with Gasteiger partial charge in [-0.05, 0) is 60.9 Å². The number of fused-ring (bicyclic) bond motifs is 1. The average molecular weight is 362 g/mol. The van der Waals surface area contributed by atoms with E-state index in [1.54, 1.807) is 0 Å². The van der Waals surface area contributed by atoms with Gasteiger partial charge in [0.05, 0.1) is 0 Å². The Balaban J connectivity index is 1.31. The van der Waals surface area contributed by atoms with E-state index in [1.165, 1.54) is 11.1 Å². The molecule has 0 unspecified atom stereocenters. The highest BCUT2D eigenvalue weighted by atomic mass is 16.2. The van der Waals surface area contributed by atoms with Crippen molar-refractivity contribution in [3.63, 3.8) is 0 Å². The number of likely N-dealkylation sites (tertiary alicyclic amines) is 1.